The third-order valence-corrected chi connectivity index (χ3v) is 10.7. The number of aromatic hydroxyl groups is 2. The van der Waals surface area contributed by atoms with Crippen molar-refractivity contribution in [3.63, 3.8) is 0 Å². The van der Waals surface area contributed by atoms with Crippen LogP contribution in [-0.2, 0) is 25.7 Å². The number of rotatable bonds is 23. The van der Waals surface area contributed by atoms with Crippen molar-refractivity contribution < 1.29 is 49.3 Å². The molecule has 0 aromatic heterocycles. The summed E-state index contributed by atoms with van der Waals surface area (Å²) in [7, 11) is 20.1. The number of nitrogens with zero attached hydrogens (tertiary/aromatic N) is 5. The van der Waals surface area contributed by atoms with E-state index in [1.807, 2.05) is 172 Å². The predicted molar refractivity (Wildman–Crippen MR) is 347 cm³/mol. The van der Waals surface area contributed by atoms with Crippen LogP contribution in [0.15, 0.2) is 146 Å². The summed E-state index contributed by atoms with van der Waals surface area (Å²) in [5.41, 5.74) is 4.32. The Balaban J connectivity index is -0.000000436. The molecule has 0 aliphatic heterocycles. The van der Waals surface area contributed by atoms with Crippen molar-refractivity contribution in [1.82, 2.24) is 24.5 Å². The summed E-state index contributed by atoms with van der Waals surface area (Å²) in [6, 6.07) is 42.8. The van der Waals surface area contributed by atoms with Gasteiger partial charge in [-0.3, -0.25) is 4.79 Å². The Bertz CT molecular complexity index is 2210. The number of likely N-dealkylation sites (N-methyl/N-ethyl adjacent to an activating group) is 4. The summed E-state index contributed by atoms with van der Waals surface area (Å²) in [5, 5.41) is 44.4. The zero-order valence-corrected chi connectivity index (χ0v) is 53.9. The van der Waals surface area contributed by atoms with E-state index in [1.54, 1.807) is 36.4 Å². The molecule has 82 heavy (non-hydrogen) atoms. The monoisotopic (exact) mass is 1260 g/mol. The lowest BCUT2D eigenvalue weighted by molar-refractivity contribution is 0.112. The highest BCUT2D eigenvalue weighted by atomic mass is 35.5. The molecule has 6 aromatic rings. The number of hydrogen-bond donors (Lipinski definition) is 5. The first-order valence-corrected chi connectivity index (χ1v) is 27.0. The molecule has 0 aliphatic carbocycles. The Morgan fingerprint density at radius 3 is 0.841 bits per heavy atom. The van der Waals surface area contributed by atoms with Gasteiger partial charge in [0.25, 0.3) is 0 Å². The van der Waals surface area contributed by atoms with Crippen molar-refractivity contribution in [1.29, 1.82) is 0 Å². The minimum absolute atomic E-state index is 0. The number of carbonyl (C=O) groups is 1. The molecule has 462 valence electrons. The zero-order chi connectivity index (χ0) is 59.2. The van der Waals surface area contributed by atoms with Gasteiger partial charge in [-0.1, -0.05) is 60.1 Å². The first-order chi connectivity index (χ1) is 37.8. The average Bonchev–Trinajstić information content (AvgIpc) is 3.43. The number of phenols is 2. The van der Waals surface area contributed by atoms with Crippen molar-refractivity contribution in [3.8, 4) is 34.5 Å². The Morgan fingerprint density at radius 2 is 0.622 bits per heavy atom. The van der Waals surface area contributed by atoms with E-state index in [0.29, 0.717) is 37.9 Å². The normalized spacial score (nSPS) is 9.82. The van der Waals surface area contributed by atoms with Crippen LogP contribution in [0.1, 0.15) is 32.6 Å². The second-order valence-corrected chi connectivity index (χ2v) is 19.6. The molecule has 0 amide bonds. The molecule has 15 nitrogen and oxygen atoms in total. The molecule has 0 fully saturated rings. The second kappa shape index (κ2) is 54.2. The van der Waals surface area contributed by atoms with Crippen LogP contribution in [-0.4, -0.2) is 192 Å². The molecule has 0 spiro atoms. The molecule has 5 N–H and O–H groups in total. The average molecular weight is 1270 g/mol. The van der Waals surface area contributed by atoms with Crippen LogP contribution in [0.3, 0.4) is 0 Å². The van der Waals surface area contributed by atoms with Crippen LogP contribution >= 0.6 is 72.0 Å². The molecule has 0 atom stereocenters. The van der Waals surface area contributed by atoms with E-state index in [4.69, 9.17) is 79.3 Å². The van der Waals surface area contributed by atoms with Gasteiger partial charge < -0.3 is 69.0 Å². The van der Waals surface area contributed by atoms with Crippen LogP contribution in [0.25, 0.3) is 0 Å². The van der Waals surface area contributed by atoms with Crippen molar-refractivity contribution >= 4 is 78.3 Å². The van der Waals surface area contributed by atoms with Gasteiger partial charge in [0.1, 0.15) is 67.2 Å². The lowest BCUT2D eigenvalue weighted by atomic mass is 10.2. The molecular formula is C61H91Cl6N5O10. The number of ether oxygens (including phenoxy) is 4. The highest BCUT2D eigenvalue weighted by molar-refractivity contribution is 6.30. The topological polar surface area (TPSA) is 171 Å². The fraction of sp³-hybridized carbons (Fsp3) is 0.393. The predicted octanol–water partition coefficient (Wildman–Crippen LogP) is 11.0. The maximum absolute atomic E-state index is 10.0. The number of alkyl halides is 2. The summed E-state index contributed by atoms with van der Waals surface area (Å²) in [4.78, 5) is 20.4. The number of carbonyl (C=O) groups excluding carboxylic acids is 1. The second-order valence-electron chi connectivity index (χ2n) is 18.5. The largest absolute Gasteiger partial charge is 0.508 e. The number of phenolic OH excluding ortho intramolecular Hbond substituents is 2. The quantitative estimate of drug-likeness (QED) is 0.0303. The summed E-state index contributed by atoms with van der Waals surface area (Å²) >= 11 is 16.8. The highest BCUT2D eigenvalue weighted by Crippen LogP contribution is 2.17. The van der Waals surface area contributed by atoms with Crippen LogP contribution in [0.4, 0.5) is 0 Å². The summed E-state index contributed by atoms with van der Waals surface area (Å²) in [6.07, 6.45) is 0.736. The molecule has 6 aromatic carbocycles. The first-order valence-electron chi connectivity index (χ1n) is 25.5. The van der Waals surface area contributed by atoms with Crippen LogP contribution in [0, 0.1) is 0 Å². The van der Waals surface area contributed by atoms with Crippen LogP contribution < -0.4 is 18.9 Å². The number of halogens is 6. The number of aliphatic hydroxyl groups is 3. The lowest BCUT2D eigenvalue weighted by Gasteiger charge is -2.10. The van der Waals surface area contributed by atoms with Gasteiger partial charge in [0.15, 0.2) is 0 Å². The van der Waals surface area contributed by atoms with Gasteiger partial charge in [-0.25, -0.2) is 0 Å². The van der Waals surface area contributed by atoms with E-state index >= 15 is 0 Å². The summed E-state index contributed by atoms with van der Waals surface area (Å²) in [5.74, 6) is 5.17. The maximum Gasteiger partial charge on any atom is 0.150 e. The maximum atomic E-state index is 10.0. The third kappa shape index (κ3) is 48.7. The van der Waals surface area contributed by atoms with Crippen molar-refractivity contribution in [2.24, 2.45) is 0 Å². The van der Waals surface area contributed by atoms with Crippen molar-refractivity contribution in [2.75, 3.05) is 136 Å². The minimum Gasteiger partial charge on any atom is -0.508 e. The summed E-state index contributed by atoms with van der Waals surface area (Å²) < 4.78 is 22.0. The van der Waals surface area contributed by atoms with Crippen LogP contribution in [0.2, 0.25) is 5.02 Å². The van der Waals surface area contributed by atoms with Gasteiger partial charge in [-0.05, 0) is 190 Å². The van der Waals surface area contributed by atoms with E-state index in [-0.39, 0.29) is 68.5 Å². The van der Waals surface area contributed by atoms with E-state index in [1.165, 1.54) is 12.1 Å². The van der Waals surface area contributed by atoms with Crippen LogP contribution in [0.5, 0.6) is 34.5 Å². The number of aliphatic hydroxyl groups excluding tert-OH is 3. The Labute approximate surface area is 523 Å². The molecule has 0 radical (unpaired) electrons. The first kappa shape index (κ1) is 83.7. The molecule has 0 saturated heterocycles. The smallest absolute Gasteiger partial charge is 0.150 e. The van der Waals surface area contributed by atoms with Gasteiger partial charge in [0.2, 0.25) is 0 Å². The standard InChI is InChI=1S/C11H16ClNO.2C11H17NO2.C10H14ClNO.C7H8O2.C7H6O2.C4H10ClN.3ClH/c1-13(2)7-8-14-11-5-3-10(9-12)4-6-11;2*1-12(2)7-8-14-11-5-3-10(9-13)4-6-11;1-12(2)7-8-13-10-5-3-9(11)4-6-10;2*8-5-6-1-3-7(9)4-2-6;1-6(2)4-3-5;;;/h3-6H,7-9H2,1-2H3;2*3-6,13H,7-9H2,1-2H3;3-6H,7-8H2,1-2H3;1-4,8-9H,5H2;1-5,9H;3-4H2,1-2H3;3*1H. The SMILES string of the molecule is CN(C)CCCl.CN(C)CCOc1ccc(CCl)cc1.CN(C)CCOc1ccc(CO)cc1.CN(C)CCOc1ccc(CO)cc1.CN(C)CCOc1ccc(Cl)cc1.Cl.Cl.Cl.O=Cc1ccc(O)cc1.OCc1ccc(O)cc1. The molecule has 0 heterocycles. The molecule has 0 bridgehead atoms. The number of aldehydes is 1. The van der Waals surface area contributed by atoms with Crippen molar-refractivity contribution in [2.45, 2.75) is 25.7 Å². The molecule has 21 heteroatoms. The number of benzene rings is 6. The summed E-state index contributed by atoms with van der Waals surface area (Å²) in [6.45, 7) is 7.61. The Morgan fingerprint density at radius 1 is 0.378 bits per heavy atom. The Hall–Kier alpha value is -4.79. The lowest BCUT2D eigenvalue weighted by Crippen LogP contribution is -2.19. The molecular weight excluding hydrogens is 1180 g/mol. The van der Waals surface area contributed by atoms with Gasteiger partial charge in [0.05, 0.1) is 19.8 Å². The molecule has 0 aliphatic rings. The van der Waals surface area contributed by atoms with Gasteiger partial charge in [-0.15, -0.1) is 60.4 Å². The van der Waals surface area contributed by atoms with Gasteiger partial charge >= 0.3 is 0 Å². The Kier molecular flexibility index (Phi) is 55.3. The number of hydrogen-bond acceptors (Lipinski definition) is 15. The molecule has 6 rings (SSSR count). The fourth-order valence-electron chi connectivity index (χ4n) is 5.30. The van der Waals surface area contributed by atoms with Gasteiger partial charge in [-0.2, -0.15) is 0 Å². The van der Waals surface area contributed by atoms with Gasteiger partial charge in [0, 0.05) is 55.1 Å². The highest BCUT2D eigenvalue weighted by Gasteiger charge is 1.99. The fourth-order valence-corrected chi connectivity index (χ4v) is 5.94. The van der Waals surface area contributed by atoms with Crippen molar-refractivity contribution in [3.05, 3.63) is 178 Å². The third-order valence-electron chi connectivity index (χ3n) is 10.0. The van der Waals surface area contributed by atoms with E-state index in [2.05, 4.69) is 19.6 Å². The minimum atomic E-state index is 0. The van der Waals surface area contributed by atoms with E-state index in [9.17, 15) is 4.79 Å². The van der Waals surface area contributed by atoms with E-state index < -0.39 is 0 Å². The van der Waals surface area contributed by atoms with E-state index in [0.717, 1.165) is 95.2 Å². The molecule has 0 unspecified atom stereocenters. The zero-order valence-electron chi connectivity index (χ0n) is 49.2. The molecule has 0 saturated carbocycles.